The summed E-state index contributed by atoms with van der Waals surface area (Å²) in [5.41, 5.74) is 2.93. The number of hydrogen-bond donors (Lipinski definition) is 1. The first-order valence-electron chi connectivity index (χ1n) is 3.98. The molecular weight excluding hydrogens is 152 g/mol. The van der Waals surface area contributed by atoms with Crippen LogP contribution in [-0.4, -0.2) is 6.54 Å². The van der Waals surface area contributed by atoms with Crippen LogP contribution in [0.5, 0.6) is 0 Å². The zero-order valence-electron chi connectivity index (χ0n) is 6.87. The van der Waals surface area contributed by atoms with E-state index in [2.05, 4.69) is 10.5 Å². The molecule has 1 fully saturated rings. The van der Waals surface area contributed by atoms with Crippen LogP contribution in [0.2, 0.25) is 0 Å². The summed E-state index contributed by atoms with van der Waals surface area (Å²) in [7, 11) is 0. The van der Waals surface area contributed by atoms with Crippen molar-refractivity contribution in [1.29, 1.82) is 0 Å². The number of nitrogens with one attached hydrogen (secondary N) is 1. The maximum absolute atomic E-state index is 10.2. The Morgan fingerprint density at radius 2 is 2.33 bits per heavy atom. The normalized spacial score (nSPS) is 20.6. The quantitative estimate of drug-likeness (QED) is 0.534. The Bertz CT molecular complexity index is 318. The molecule has 1 aromatic rings. The van der Waals surface area contributed by atoms with E-state index >= 15 is 0 Å². The first-order chi connectivity index (χ1) is 5.81. The molecule has 3 heteroatoms. The highest BCUT2D eigenvalue weighted by molar-refractivity contribution is 5.45. The van der Waals surface area contributed by atoms with E-state index in [1.54, 1.807) is 6.07 Å². The average molecular weight is 162 g/mol. The monoisotopic (exact) mass is 162 g/mol. The van der Waals surface area contributed by atoms with E-state index < -0.39 is 0 Å². The molecule has 1 aromatic carbocycles. The highest BCUT2D eigenvalue weighted by Crippen LogP contribution is 2.27. The van der Waals surface area contributed by atoms with Crippen molar-refractivity contribution in [3.63, 3.8) is 0 Å². The summed E-state index contributed by atoms with van der Waals surface area (Å²) >= 11 is 0. The van der Waals surface area contributed by atoms with Crippen LogP contribution >= 0.6 is 0 Å². The summed E-state index contributed by atoms with van der Waals surface area (Å²) in [5, 5.41) is 6.10. The molecule has 1 aliphatic rings. The molecule has 0 radical (unpaired) electrons. The van der Waals surface area contributed by atoms with Gasteiger partial charge in [0, 0.05) is 12.6 Å². The predicted octanol–water partition coefficient (Wildman–Crippen LogP) is 2.04. The smallest absolute Gasteiger partial charge is 0.108 e. The van der Waals surface area contributed by atoms with Crippen LogP contribution < -0.4 is 5.32 Å². The van der Waals surface area contributed by atoms with Crippen LogP contribution in [0.4, 0.5) is 5.69 Å². The van der Waals surface area contributed by atoms with E-state index in [1.807, 2.05) is 19.1 Å². The molecule has 0 saturated carbocycles. The highest BCUT2D eigenvalue weighted by atomic mass is 16.3. The van der Waals surface area contributed by atoms with Gasteiger partial charge in [-0.25, -0.2) is 0 Å². The fourth-order valence-corrected chi connectivity index (χ4v) is 1.39. The molecular formula is C9H10N2O. The number of rotatable bonds is 2. The molecule has 0 bridgehead atoms. The highest BCUT2D eigenvalue weighted by Gasteiger charge is 2.23. The Kier molecular flexibility index (Phi) is 1.66. The van der Waals surface area contributed by atoms with Gasteiger partial charge in [0.15, 0.2) is 0 Å². The van der Waals surface area contributed by atoms with Crippen molar-refractivity contribution < 1.29 is 0 Å². The number of aryl methyl sites for hydroxylation is 1. The minimum atomic E-state index is 0.505. The second kappa shape index (κ2) is 2.68. The van der Waals surface area contributed by atoms with Crippen molar-refractivity contribution in [3.8, 4) is 0 Å². The zero-order chi connectivity index (χ0) is 8.55. The molecule has 0 amide bonds. The van der Waals surface area contributed by atoms with Crippen molar-refractivity contribution in [2.24, 2.45) is 5.18 Å². The molecule has 1 heterocycles. The minimum absolute atomic E-state index is 0.505. The lowest BCUT2D eigenvalue weighted by Crippen LogP contribution is -1.87. The van der Waals surface area contributed by atoms with Gasteiger partial charge in [-0.05, 0) is 35.4 Å². The van der Waals surface area contributed by atoms with Crippen molar-refractivity contribution >= 4 is 5.69 Å². The molecule has 2 rings (SSSR count). The zero-order valence-corrected chi connectivity index (χ0v) is 6.87. The van der Waals surface area contributed by atoms with Gasteiger partial charge >= 0.3 is 0 Å². The van der Waals surface area contributed by atoms with Gasteiger partial charge in [-0.15, -0.1) is 4.91 Å². The third-order valence-corrected chi connectivity index (χ3v) is 2.14. The number of hydrogen-bond acceptors (Lipinski definition) is 3. The van der Waals surface area contributed by atoms with E-state index in [0.29, 0.717) is 11.7 Å². The summed E-state index contributed by atoms with van der Waals surface area (Å²) in [6, 6.07) is 6.06. The summed E-state index contributed by atoms with van der Waals surface area (Å²) in [6.07, 6.45) is 0. The van der Waals surface area contributed by atoms with Gasteiger partial charge < -0.3 is 5.32 Å². The minimum Gasteiger partial charge on any atom is -0.307 e. The van der Waals surface area contributed by atoms with Gasteiger partial charge in [-0.1, -0.05) is 6.07 Å². The van der Waals surface area contributed by atoms with E-state index in [1.165, 1.54) is 5.56 Å². The Morgan fingerprint density at radius 3 is 2.83 bits per heavy atom. The fraction of sp³-hybridized carbons (Fsp3) is 0.333. The van der Waals surface area contributed by atoms with E-state index in [4.69, 9.17) is 0 Å². The second-order valence-electron chi connectivity index (χ2n) is 3.09. The second-order valence-corrected chi connectivity index (χ2v) is 3.09. The van der Waals surface area contributed by atoms with Gasteiger partial charge in [-0.2, -0.15) is 0 Å². The van der Waals surface area contributed by atoms with Gasteiger partial charge in [0.25, 0.3) is 0 Å². The molecule has 1 aliphatic heterocycles. The molecule has 1 saturated heterocycles. The van der Waals surface area contributed by atoms with Gasteiger partial charge in [0.1, 0.15) is 5.69 Å². The largest absolute Gasteiger partial charge is 0.307 e. The van der Waals surface area contributed by atoms with Crippen LogP contribution in [0.25, 0.3) is 0 Å². The summed E-state index contributed by atoms with van der Waals surface area (Å²) in [5.74, 6) is 0. The lowest BCUT2D eigenvalue weighted by atomic mass is 10.1. The molecule has 0 aromatic heterocycles. The van der Waals surface area contributed by atoms with Crippen LogP contribution in [0.1, 0.15) is 17.2 Å². The van der Waals surface area contributed by atoms with E-state index in [9.17, 15) is 4.91 Å². The van der Waals surface area contributed by atoms with Gasteiger partial charge in [0.05, 0.1) is 0 Å². The predicted molar refractivity (Wildman–Crippen MR) is 47.4 cm³/mol. The summed E-state index contributed by atoms with van der Waals surface area (Å²) < 4.78 is 0. The molecule has 0 spiro atoms. The number of benzene rings is 1. The molecule has 0 aliphatic carbocycles. The third kappa shape index (κ3) is 1.23. The molecule has 12 heavy (non-hydrogen) atoms. The molecule has 1 atom stereocenters. The molecule has 1 unspecified atom stereocenters. The van der Waals surface area contributed by atoms with Crippen molar-refractivity contribution in [2.75, 3.05) is 6.54 Å². The van der Waals surface area contributed by atoms with Crippen molar-refractivity contribution in [2.45, 2.75) is 13.0 Å². The van der Waals surface area contributed by atoms with E-state index in [-0.39, 0.29) is 0 Å². The molecule has 62 valence electrons. The van der Waals surface area contributed by atoms with Crippen LogP contribution in [0, 0.1) is 11.8 Å². The van der Waals surface area contributed by atoms with Crippen molar-refractivity contribution in [3.05, 3.63) is 34.2 Å². The van der Waals surface area contributed by atoms with Gasteiger partial charge in [0.2, 0.25) is 0 Å². The van der Waals surface area contributed by atoms with Crippen LogP contribution in [-0.2, 0) is 0 Å². The van der Waals surface area contributed by atoms with Crippen molar-refractivity contribution in [1.82, 2.24) is 5.32 Å². The third-order valence-electron chi connectivity index (χ3n) is 2.14. The summed E-state index contributed by atoms with van der Waals surface area (Å²) in [4.78, 5) is 10.2. The van der Waals surface area contributed by atoms with Crippen LogP contribution in [0.3, 0.4) is 0 Å². The summed E-state index contributed by atoms with van der Waals surface area (Å²) in [6.45, 7) is 3.05. The average Bonchev–Trinajstić information content (AvgIpc) is 2.87. The van der Waals surface area contributed by atoms with Crippen LogP contribution in [0.15, 0.2) is 23.4 Å². The molecule has 3 nitrogen and oxygen atoms in total. The standard InChI is InChI=1S/C9H10N2O/c1-6-4-7(11-12)2-3-8(6)9-5-10-9/h2-4,9-10H,5H2,1H3. The Hall–Kier alpha value is -1.22. The lowest BCUT2D eigenvalue weighted by molar-refractivity contribution is 1.05. The maximum atomic E-state index is 10.2. The lowest BCUT2D eigenvalue weighted by Gasteiger charge is -2.01. The topological polar surface area (TPSA) is 51.4 Å². The number of nitroso groups, excluding NO2 is 1. The Labute approximate surface area is 70.8 Å². The first kappa shape index (κ1) is 7.43. The first-order valence-corrected chi connectivity index (χ1v) is 3.98. The Balaban J connectivity index is 2.38. The molecule has 1 N–H and O–H groups in total. The fourth-order valence-electron chi connectivity index (χ4n) is 1.39. The Morgan fingerprint density at radius 1 is 1.58 bits per heavy atom. The SMILES string of the molecule is Cc1cc(N=O)ccc1C1CN1. The number of nitrogens with zero attached hydrogens (tertiary/aromatic N) is 1. The van der Waals surface area contributed by atoms with Gasteiger partial charge in [-0.3, -0.25) is 0 Å². The maximum Gasteiger partial charge on any atom is 0.108 e. The van der Waals surface area contributed by atoms with E-state index in [0.717, 1.165) is 12.1 Å².